The summed E-state index contributed by atoms with van der Waals surface area (Å²) in [7, 11) is 2.90. The molecule has 33 heavy (non-hydrogen) atoms. The van der Waals surface area contributed by atoms with Gasteiger partial charge in [-0.2, -0.15) is 0 Å². The van der Waals surface area contributed by atoms with Crippen LogP contribution in [0.2, 0.25) is 0 Å². The van der Waals surface area contributed by atoms with Gasteiger partial charge in [-0.05, 0) is 23.1 Å². The molecule has 0 heterocycles. The Kier molecular flexibility index (Phi) is 8.03. The predicted octanol–water partition coefficient (Wildman–Crippen LogP) is 6.04. The summed E-state index contributed by atoms with van der Waals surface area (Å²) in [5, 5.41) is 2.98. The zero-order chi connectivity index (χ0) is 23.8. The maximum absolute atomic E-state index is 13.9. The number of benzene rings is 3. The van der Waals surface area contributed by atoms with Crippen LogP contribution in [0.5, 0.6) is 11.5 Å². The van der Waals surface area contributed by atoms with Crippen molar-refractivity contribution in [3.63, 3.8) is 0 Å². The van der Waals surface area contributed by atoms with E-state index in [4.69, 9.17) is 9.47 Å². The van der Waals surface area contributed by atoms with Gasteiger partial charge in [0, 0.05) is 24.1 Å². The van der Waals surface area contributed by atoms with Gasteiger partial charge in [0.05, 0.1) is 25.8 Å². The van der Waals surface area contributed by atoms with Crippen LogP contribution >= 0.6 is 0 Å². The Hall–Kier alpha value is -3.86. The van der Waals surface area contributed by atoms with Gasteiger partial charge in [-0.3, -0.25) is 4.79 Å². The first-order valence-corrected chi connectivity index (χ1v) is 10.6. The summed E-state index contributed by atoms with van der Waals surface area (Å²) in [5.41, 5.74) is 4.12. The van der Waals surface area contributed by atoms with E-state index in [1.165, 1.54) is 26.4 Å². The molecule has 4 nitrogen and oxygen atoms in total. The lowest BCUT2D eigenvalue weighted by atomic mass is 9.98. The third kappa shape index (κ3) is 5.89. The van der Waals surface area contributed by atoms with Gasteiger partial charge in [0.25, 0.3) is 0 Å². The van der Waals surface area contributed by atoms with Crippen LogP contribution in [0.4, 0.5) is 4.39 Å². The molecule has 0 bridgehead atoms. The Balaban J connectivity index is 1.80. The molecule has 0 aromatic heterocycles. The number of rotatable bonds is 10. The average molecular weight is 446 g/mol. The van der Waals surface area contributed by atoms with Crippen molar-refractivity contribution in [2.45, 2.75) is 18.9 Å². The van der Waals surface area contributed by atoms with E-state index in [-0.39, 0.29) is 5.91 Å². The van der Waals surface area contributed by atoms with Crippen molar-refractivity contribution in [3.05, 3.63) is 108 Å². The molecule has 1 unspecified atom stereocenters. The molecule has 0 aliphatic rings. The molecule has 170 valence electrons. The van der Waals surface area contributed by atoms with Gasteiger partial charge in [-0.25, -0.2) is 4.39 Å². The van der Waals surface area contributed by atoms with Gasteiger partial charge in [0.15, 0.2) is 0 Å². The first kappa shape index (κ1) is 23.8. The minimum Gasteiger partial charge on any atom is -0.496 e. The number of carbonyl (C=O) groups excluding carboxylic acids is 1. The van der Waals surface area contributed by atoms with Crippen molar-refractivity contribution in [1.29, 1.82) is 0 Å². The highest BCUT2D eigenvalue weighted by Crippen LogP contribution is 2.37. The van der Waals surface area contributed by atoms with E-state index in [2.05, 4.69) is 24.5 Å². The van der Waals surface area contributed by atoms with Crippen molar-refractivity contribution in [2.75, 3.05) is 14.2 Å². The summed E-state index contributed by atoms with van der Waals surface area (Å²) in [5.74, 6) is -0.209. The Morgan fingerprint density at radius 3 is 2.24 bits per heavy atom. The second-order valence-corrected chi connectivity index (χ2v) is 7.62. The lowest BCUT2D eigenvalue weighted by molar-refractivity contribution is -0.118. The zero-order valence-corrected chi connectivity index (χ0v) is 18.9. The molecule has 0 saturated heterocycles. The van der Waals surface area contributed by atoms with Crippen LogP contribution in [-0.2, 0) is 11.2 Å². The highest BCUT2D eigenvalue weighted by molar-refractivity contribution is 5.93. The summed E-state index contributed by atoms with van der Waals surface area (Å²) >= 11 is 0. The van der Waals surface area contributed by atoms with E-state index in [1.54, 1.807) is 6.08 Å². The van der Waals surface area contributed by atoms with Crippen LogP contribution in [0, 0.1) is 5.82 Å². The lowest BCUT2D eigenvalue weighted by Gasteiger charge is -2.23. The van der Waals surface area contributed by atoms with Crippen molar-refractivity contribution in [1.82, 2.24) is 5.32 Å². The molecule has 1 atom stereocenters. The fraction of sp³-hybridized carbons (Fsp3) is 0.179. The molecule has 3 rings (SSSR count). The normalized spacial score (nSPS) is 11.4. The number of halogens is 1. The maximum Gasteiger partial charge on any atom is 0.247 e. The van der Waals surface area contributed by atoms with E-state index in [9.17, 15) is 9.18 Å². The SMILES string of the molecule is C=CCC(NC(=O)C(=C)Cc1cccc(-c2ccccc2)c1)c1c(OC)cc(F)cc1OC. The Bertz CT molecular complexity index is 1120. The molecule has 1 amide bonds. The van der Waals surface area contributed by atoms with E-state index in [1.807, 2.05) is 48.5 Å². The summed E-state index contributed by atoms with van der Waals surface area (Å²) in [6, 6.07) is 20.1. The van der Waals surface area contributed by atoms with Crippen LogP contribution in [-0.4, -0.2) is 20.1 Å². The average Bonchev–Trinajstić information content (AvgIpc) is 2.83. The minimum atomic E-state index is -0.520. The van der Waals surface area contributed by atoms with Crippen molar-refractivity contribution < 1.29 is 18.7 Å². The molecule has 5 heteroatoms. The number of ether oxygens (including phenoxy) is 2. The van der Waals surface area contributed by atoms with Crippen LogP contribution in [0.3, 0.4) is 0 Å². The van der Waals surface area contributed by atoms with E-state index < -0.39 is 11.9 Å². The molecule has 0 fully saturated rings. The third-order valence-electron chi connectivity index (χ3n) is 5.34. The quantitative estimate of drug-likeness (QED) is 0.306. The van der Waals surface area contributed by atoms with E-state index in [0.717, 1.165) is 16.7 Å². The van der Waals surface area contributed by atoms with Crippen molar-refractivity contribution >= 4 is 5.91 Å². The number of methoxy groups -OCH3 is 2. The molecule has 0 saturated carbocycles. The van der Waals surface area contributed by atoms with Crippen LogP contribution < -0.4 is 14.8 Å². The van der Waals surface area contributed by atoms with Gasteiger partial charge in [-0.15, -0.1) is 6.58 Å². The van der Waals surface area contributed by atoms with Crippen LogP contribution in [0.25, 0.3) is 11.1 Å². The van der Waals surface area contributed by atoms with Crippen LogP contribution in [0.1, 0.15) is 23.6 Å². The zero-order valence-electron chi connectivity index (χ0n) is 18.9. The van der Waals surface area contributed by atoms with Gasteiger partial charge in [-0.1, -0.05) is 67.3 Å². The third-order valence-corrected chi connectivity index (χ3v) is 5.34. The highest BCUT2D eigenvalue weighted by Gasteiger charge is 2.24. The van der Waals surface area contributed by atoms with Crippen molar-refractivity contribution in [3.8, 4) is 22.6 Å². The molecule has 0 radical (unpaired) electrons. The molecular formula is C28H28FNO3. The second kappa shape index (κ2) is 11.1. The molecule has 1 N–H and O–H groups in total. The lowest BCUT2D eigenvalue weighted by Crippen LogP contribution is -2.30. The summed E-state index contributed by atoms with van der Waals surface area (Å²) < 4.78 is 24.7. The summed E-state index contributed by atoms with van der Waals surface area (Å²) in [6.07, 6.45) is 2.48. The fourth-order valence-corrected chi connectivity index (χ4v) is 3.74. The van der Waals surface area contributed by atoms with Gasteiger partial charge >= 0.3 is 0 Å². The molecule has 0 aliphatic carbocycles. The largest absolute Gasteiger partial charge is 0.496 e. The monoisotopic (exact) mass is 445 g/mol. The minimum absolute atomic E-state index is 0.292. The van der Waals surface area contributed by atoms with E-state index >= 15 is 0 Å². The second-order valence-electron chi connectivity index (χ2n) is 7.62. The molecular weight excluding hydrogens is 417 g/mol. The first-order valence-electron chi connectivity index (χ1n) is 10.6. The van der Waals surface area contributed by atoms with Crippen LogP contribution in [0.15, 0.2) is 91.5 Å². The van der Waals surface area contributed by atoms with Gasteiger partial charge in [0.2, 0.25) is 5.91 Å². The van der Waals surface area contributed by atoms with Gasteiger partial charge in [0.1, 0.15) is 17.3 Å². The number of amides is 1. The first-order chi connectivity index (χ1) is 16.0. The predicted molar refractivity (Wildman–Crippen MR) is 130 cm³/mol. The molecule has 0 spiro atoms. The maximum atomic E-state index is 13.9. The smallest absolute Gasteiger partial charge is 0.247 e. The van der Waals surface area contributed by atoms with Crippen molar-refractivity contribution in [2.24, 2.45) is 0 Å². The Morgan fingerprint density at radius 2 is 1.64 bits per heavy atom. The van der Waals surface area contributed by atoms with E-state index in [0.29, 0.717) is 35.5 Å². The fourth-order valence-electron chi connectivity index (χ4n) is 3.74. The summed E-state index contributed by atoms with van der Waals surface area (Å²) in [4.78, 5) is 13.0. The number of hydrogen-bond acceptors (Lipinski definition) is 3. The molecule has 3 aromatic carbocycles. The Labute approximate surface area is 194 Å². The highest BCUT2D eigenvalue weighted by atomic mass is 19.1. The Morgan fingerprint density at radius 1 is 1.00 bits per heavy atom. The number of nitrogens with one attached hydrogen (secondary N) is 1. The summed E-state index contributed by atoms with van der Waals surface area (Å²) in [6.45, 7) is 7.78. The topological polar surface area (TPSA) is 47.6 Å². The standard InChI is InChI=1S/C28H28FNO3/c1-5-10-24(27-25(32-3)17-23(29)18-26(27)33-4)30-28(31)19(2)15-20-11-9-14-22(16-20)21-12-7-6-8-13-21/h5-9,11-14,16-18,24H,1-2,10,15H2,3-4H3,(H,30,31). The molecule has 0 aliphatic heterocycles. The number of hydrogen-bond donors (Lipinski definition) is 1. The molecule has 3 aromatic rings. The van der Waals surface area contributed by atoms with Gasteiger partial charge < -0.3 is 14.8 Å². The number of carbonyl (C=O) groups is 1.